The van der Waals surface area contributed by atoms with Crippen molar-refractivity contribution < 1.29 is 0 Å². The third kappa shape index (κ3) is 1.54. The molecule has 0 aliphatic carbocycles. The maximum Gasteiger partial charge on any atom is 0.137 e. The molecule has 3 rings (SSSR count). The molecule has 3 N–H and O–H groups in total. The second-order valence-corrected chi connectivity index (χ2v) is 3.92. The minimum absolute atomic E-state index is 0.00398. The van der Waals surface area contributed by atoms with Crippen LogP contribution in [0.15, 0.2) is 30.9 Å². The number of nitrogens with one attached hydrogen (secondary N) is 1. The predicted octanol–water partition coefficient (Wildman–Crippen LogP) is 1.35. The number of aromatic nitrogens is 5. The van der Waals surface area contributed by atoms with Gasteiger partial charge in [0, 0.05) is 0 Å². The maximum absolute atomic E-state index is 5.87. The SMILES string of the molecule is CC(c1nc2c(N)cccc2[nH]1)n1cncn1. The van der Waals surface area contributed by atoms with E-state index in [4.69, 9.17) is 5.73 Å². The van der Waals surface area contributed by atoms with E-state index in [-0.39, 0.29) is 6.04 Å². The number of benzene rings is 1. The summed E-state index contributed by atoms with van der Waals surface area (Å²) < 4.78 is 1.74. The highest BCUT2D eigenvalue weighted by atomic mass is 15.3. The van der Waals surface area contributed by atoms with E-state index < -0.39 is 0 Å². The van der Waals surface area contributed by atoms with Crippen LogP contribution >= 0.6 is 0 Å². The first-order valence-electron chi connectivity index (χ1n) is 5.34. The fourth-order valence-corrected chi connectivity index (χ4v) is 1.81. The van der Waals surface area contributed by atoms with E-state index in [2.05, 4.69) is 20.1 Å². The van der Waals surface area contributed by atoms with Gasteiger partial charge in [-0.3, -0.25) is 0 Å². The van der Waals surface area contributed by atoms with Crippen LogP contribution in [0.25, 0.3) is 11.0 Å². The van der Waals surface area contributed by atoms with Crippen molar-refractivity contribution in [3.05, 3.63) is 36.7 Å². The lowest BCUT2D eigenvalue weighted by molar-refractivity contribution is 0.541. The van der Waals surface area contributed by atoms with Gasteiger partial charge in [-0.1, -0.05) is 6.07 Å². The van der Waals surface area contributed by atoms with Crippen molar-refractivity contribution in [3.63, 3.8) is 0 Å². The number of anilines is 1. The molecular weight excluding hydrogens is 216 g/mol. The van der Waals surface area contributed by atoms with Crippen LogP contribution in [-0.2, 0) is 0 Å². The second kappa shape index (κ2) is 3.58. The fraction of sp³-hybridized carbons (Fsp3) is 0.182. The highest BCUT2D eigenvalue weighted by molar-refractivity contribution is 5.86. The van der Waals surface area contributed by atoms with Crippen LogP contribution in [0.2, 0.25) is 0 Å². The van der Waals surface area contributed by atoms with Gasteiger partial charge in [0.05, 0.1) is 11.2 Å². The molecule has 1 unspecified atom stereocenters. The van der Waals surface area contributed by atoms with Crippen LogP contribution in [-0.4, -0.2) is 24.7 Å². The molecule has 0 bridgehead atoms. The summed E-state index contributed by atoms with van der Waals surface area (Å²) in [5.74, 6) is 0.823. The average molecular weight is 228 g/mol. The van der Waals surface area contributed by atoms with E-state index in [1.807, 2.05) is 25.1 Å². The largest absolute Gasteiger partial charge is 0.397 e. The summed E-state index contributed by atoms with van der Waals surface area (Å²) in [7, 11) is 0. The first-order chi connectivity index (χ1) is 8.25. The van der Waals surface area contributed by atoms with E-state index >= 15 is 0 Å². The van der Waals surface area contributed by atoms with Gasteiger partial charge in [-0.05, 0) is 19.1 Å². The van der Waals surface area contributed by atoms with Crippen LogP contribution in [0, 0.1) is 0 Å². The number of hydrogen-bond donors (Lipinski definition) is 2. The number of rotatable bonds is 2. The Morgan fingerprint density at radius 2 is 2.29 bits per heavy atom. The standard InChI is InChI=1S/C11H12N6/c1-7(17-6-13-5-14-17)11-15-9-4-2-3-8(12)10(9)16-11/h2-7H,12H2,1H3,(H,15,16). The van der Waals surface area contributed by atoms with E-state index in [1.165, 1.54) is 6.33 Å². The minimum Gasteiger partial charge on any atom is -0.397 e. The number of para-hydroxylation sites is 1. The van der Waals surface area contributed by atoms with Gasteiger partial charge in [0.1, 0.15) is 30.0 Å². The van der Waals surface area contributed by atoms with Crippen LogP contribution in [0.3, 0.4) is 0 Å². The molecule has 6 heteroatoms. The smallest absolute Gasteiger partial charge is 0.137 e. The molecule has 0 radical (unpaired) electrons. The number of H-pyrrole nitrogens is 1. The summed E-state index contributed by atoms with van der Waals surface area (Å²) in [6, 6.07) is 5.70. The molecule has 2 aromatic heterocycles. The molecule has 0 aliphatic heterocycles. The highest BCUT2D eigenvalue weighted by Crippen LogP contribution is 2.22. The first kappa shape index (κ1) is 9.83. The van der Waals surface area contributed by atoms with Crippen molar-refractivity contribution >= 4 is 16.7 Å². The van der Waals surface area contributed by atoms with Crippen molar-refractivity contribution in [1.82, 2.24) is 24.7 Å². The van der Waals surface area contributed by atoms with Gasteiger partial charge in [0.2, 0.25) is 0 Å². The number of nitrogen functional groups attached to an aromatic ring is 1. The molecule has 86 valence electrons. The molecule has 1 atom stereocenters. The van der Waals surface area contributed by atoms with Gasteiger partial charge in [0.25, 0.3) is 0 Å². The van der Waals surface area contributed by atoms with Crippen molar-refractivity contribution in [2.75, 3.05) is 5.73 Å². The number of imidazole rings is 1. The normalized spacial score (nSPS) is 13.0. The van der Waals surface area contributed by atoms with Gasteiger partial charge in [-0.2, -0.15) is 5.10 Å². The number of aromatic amines is 1. The molecule has 6 nitrogen and oxygen atoms in total. The fourth-order valence-electron chi connectivity index (χ4n) is 1.81. The number of fused-ring (bicyclic) bond motifs is 1. The molecule has 3 aromatic rings. The van der Waals surface area contributed by atoms with Gasteiger partial charge >= 0.3 is 0 Å². The van der Waals surface area contributed by atoms with Gasteiger partial charge in [-0.15, -0.1) is 0 Å². The van der Waals surface area contributed by atoms with Gasteiger partial charge in [-0.25, -0.2) is 14.6 Å². The Labute approximate surface area is 97.5 Å². The Bertz CT molecular complexity index is 639. The minimum atomic E-state index is 0.00398. The quantitative estimate of drug-likeness (QED) is 0.648. The molecule has 0 fully saturated rings. The lowest BCUT2D eigenvalue weighted by Gasteiger charge is -2.06. The molecule has 0 spiro atoms. The molecule has 2 heterocycles. The third-order valence-electron chi connectivity index (χ3n) is 2.79. The Kier molecular flexibility index (Phi) is 2.07. The van der Waals surface area contributed by atoms with E-state index in [9.17, 15) is 0 Å². The Morgan fingerprint density at radius 3 is 3.00 bits per heavy atom. The second-order valence-electron chi connectivity index (χ2n) is 3.92. The van der Waals surface area contributed by atoms with E-state index in [1.54, 1.807) is 11.0 Å². The van der Waals surface area contributed by atoms with Crippen molar-refractivity contribution in [2.24, 2.45) is 0 Å². The van der Waals surface area contributed by atoms with Gasteiger partial charge < -0.3 is 10.7 Å². The zero-order valence-corrected chi connectivity index (χ0v) is 9.33. The summed E-state index contributed by atoms with van der Waals surface area (Å²) in [4.78, 5) is 11.7. The third-order valence-corrected chi connectivity index (χ3v) is 2.79. The molecule has 1 aromatic carbocycles. The van der Waals surface area contributed by atoms with Crippen molar-refractivity contribution in [3.8, 4) is 0 Å². The topological polar surface area (TPSA) is 85.4 Å². The van der Waals surface area contributed by atoms with Crippen LogP contribution in [0.4, 0.5) is 5.69 Å². The molecular formula is C11H12N6. The highest BCUT2D eigenvalue weighted by Gasteiger charge is 2.13. The molecule has 0 saturated heterocycles. The molecule has 17 heavy (non-hydrogen) atoms. The monoisotopic (exact) mass is 228 g/mol. The van der Waals surface area contributed by atoms with Crippen molar-refractivity contribution in [1.29, 1.82) is 0 Å². The lowest BCUT2D eigenvalue weighted by atomic mass is 10.3. The molecule has 0 amide bonds. The van der Waals surface area contributed by atoms with E-state index in [0.29, 0.717) is 5.69 Å². The summed E-state index contributed by atoms with van der Waals surface area (Å²) in [5.41, 5.74) is 8.29. The predicted molar refractivity (Wildman–Crippen MR) is 64.3 cm³/mol. The Morgan fingerprint density at radius 1 is 1.41 bits per heavy atom. The van der Waals surface area contributed by atoms with Crippen molar-refractivity contribution in [2.45, 2.75) is 13.0 Å². The zero-order valence-electron chi connectivity index (χ0n) is 9.33. The first-order valence-corrected chi connectivity index (χ1v) is 5.34. The van der Waals surface area contributed by atoms with Crippen LogP contribution in [0.1, 0.15) is 18.8 Å². The lowest BCUT2D eigenvalue weighted by Crippen LogP contribution is -2.08. The molecule has 0 aliphatic rings. The average Bonchev–Trinajstić information content (AvgIpc) is 2.98. The number of nitrogens with two attached hydrogens (primary N) is 1. The van der Waals surface area contributed by atoms with Gasteiger partial charge in [0.15, 0.2) is 0 Å². The summed E-state index contributed by atoms with van der Waals surface area (Å²) >= 11 is 0. The number of nitrogens with zero attached hydrogens (tertiary/aromatic N) is 4. The summed E-state index contributed by atoms with van der Waals surface area (Å²) in [5, 5.41) is 4.10. The summed E-state index contributed by atoms with van der Waals surface area (Å²) in [6.07, 6.45) is 3.18. The Balaban J connectivity index is 2.10. The van der Waals surface area contributed by atoms with E-state index in [0.717, 1.165) is 16.9 Å². The Hall–Kier alpha value is -2.37. The maximum atomic E-state index is 5.87. The number of hydrogen-bond acceptors (Lipinski definition) is 4. The van der Waals surface area contributed by atoms with Crippen LogP contribution in [0.5, 0.6) is 0 Å². The molecule has 0 saturated carbocycles. The van der Waals surface area contributed by atoms with Crippen LogP contribution < -0.4 is 5.73 Å². The zero-order chi connectivity index (χ0) is 11.8. The summed E-state index contributed by atoms with van der Waals surface area (Å²) in [6.45, 7) is 2.00.